The van der Waals surface area contributed by atoms with E-state index in [1.807, 2.05) is 19.2 Å². The minimum atomic E-state index is 0.792. The van der Waals surface area contributed by atoms with E-state index in [0.29, 0.717) is 0 Å². The van der Waals surface area contributed by atoms with E-state index in [1.54, 1.807) is 0 Å². The normalized spacial score (nSPS) is 10.6. The van der Waals surface area contributed by atoms with Crippen molar-refractivity contribution in [3.05, 3.63) is 58.6 Å². The first-order valence-corrected chi connectivity index (χ1v) is 7.31. The van der Waals surface area contributed by atoms with E-state index < -0.39 is 0 Å². The van der Waals surface area contributed by atoms with Crippen LogP contribution in [0.3, 0.4) is 0 Å². The van der Waals surface area contributed by atoms with Gasteiger partial charge in [-0.25, -0.2) is 0 Å². The summed E-state index contributed by atoms with van der Waals surface area (Å²) in [5.74, 6) is 0. The van der Waals surface area contributed by atoms with Crippen LogP contribution in [-0.4, -0.2) is 13.6 Å². The second-order valence-electron chi connectivity index (χ2n) is 4.86. The first-order chi connectivity index (χ1) is 9.67. The van der Waals surface area contributed by atoms with Crippen molar-refractivity contribution < 1.29 is 0 Å². The lowest BCUT2D eigenvalue weighted by Gasteiger charge is -2.27. The minimum Gasteiger partial charge on any atom is -0.340 e. The number of nitrogens with one attached hydrogen (secondary N) is 1. The van der Waals surface area contributed by atoms with E-state index in [9.17, 15) is 0 Å². The predicted octanol–water partition coefficient (Wildman–Crippen LogP) is 4.53. The lowest BCUT2D eigenvalue weighted by atomic mass is 10.1. The summed E-state index contributed by atoms with van der Waals surface area (Å²) in [5.41, 5.74) is 4.74. The third-order valence-electron chi connectivity index (χ3n) is 3.37. The summed E-state index contributed by atoms with van der Waals surface area (Å²) < 4.78 is 0. The molecule has 1 N–H and O–H groups in total. The molecule has 3 heteroatoms. The molecule has 0 unspecified atom stereocenters. The number of aryl methyl sites for hydroxylation is 1. The summed E-state index contributed by atoms with van der Waals surface area (Å²) in [6.07, 6.45) is 0. The molecule has 0 aliphatic rings. The molecule has 0 saturated carbocycles. The molecule has 0 bridgehead atoms. The highest BCUT2D eigenvalue weighted by atomic mass is 35.5. The van der Waals surface area contributed by atoms with E-state index >= 15 is 0 Å². The molecule has 0 saturated heterocycles. The summed E-state index contributed by atoms with van der Waals surface area (Å²) in [4.78, 5) is 2.26. The van der Waals surface area contributed by atoms with Gasteiger partial charge in [0.05, 0.1) is 10.7 Å². The van der Waals surface area contributed by atoms with Crippen molar-refractivity contribution in [2.45, 2.75) is 20.4 Å². The Balaban J connectivity index is 2.48. The Morgan fingerprint density at radius 2 is 1.80 bits per heavy atom. The van der Waals surface area contributed by atoms with Crippen LogP contribution in [0.15, 0.2) is 42.5 Å². The average molecular weight is 289 g/mol. The Hall–Kier alpha value is -1.51. The molecule has 0 aliphatic heterocycles. The number of anilines is 2. The van der Waals surface area contributed by atoms with Gasteiger partial charge in [0.15, 0.2) is 0 Å². The van der Waals surface area contributed by atoms with E-state index in [4.69, 9.17) is 11.6 Å². The number of rotatable bonds is 5. The van der Waals surface area contributed by atoms with Crippen LogP contribution in [0.1, 0.15) is 18.1 Å². The van der Waals surface area contributed by atoms with Gasteiger partial charge in [-0.15, -0.1) is 0 Å². The first-order valence-electron chi connectivity index (χ1n) is 6.93. The number of hydrogen-bond acceptors (Lipinski definition) is 2. The summed E-state index contributed by atoms with van der Waals surface area (Å²) in [6, 6.07) is 14.6. The molecule has 2 aromatic carbocycles. The van der Waals surface area contributed by atoms with E-state index in [2.05, 4.69) is 54.4 Å². The van der Waals surface area contributed by atoms with Gasteiger partial charge in [-0.2, -0.15) is 0 Å². The van der Waals surface area contributed by atoms with Gasteiger partial charge in [0, 0.05) is 18.8 Å². The third-order valence-corrected chi connectivity index (χ3v) is 3.67. The monoisotopic (exact) mass is 288 g/mol. The number of nitrogens with zero attached hydrogens (tertiary/aromatic N) is 1. The quantitative estimate of drug-likeness (QED) is 0.870. The third kappa shape index (κ3) is 3.14. The van der Waals surface area contributed by atoms with Gasteiger partial charge in [-0.3, -0.25) is 0 Å². The molecule has 0 radical (unpaired) electrons. The van der Waals surface area contributed by atoms with Crippen molar-refractivity contribution in [3.63, 3.8) is 0 Å². The molecule has 2 nitrogen and oxygen atoms in total. The lowest BCUT2D eigenvalue weighted by Crippen LogP contribution is -2.19. The maximum atomic E-state index is 6.45. The molecule has 2 rings (SSSR count). The summed E-state index contributed by atoms with van der Waals surface area (Å²) >= 11 is 6.45. The largest absolute Gasteiger partial charge is 0.340 e. The van der Waals surface area contributed by atoms with Crippen LogP contribution < -0.4 is 10.2 Å². The van der Waals surface area contributed by atoms with Gasteiger partial charge in [0.2, 0.25) is 0 Å². The molecule has 0 aromatic heterocycles. The van der Waals surface area contributed by atoms with Crippen LogP contribution in [-0.2, 0) is 6.54 Å². The topological polar surface area (TPSA) is 15.3 Å². The van der Waals surface area contributed by atoms with Crippen LogP contribution in [0.25, 0.3) is 0 Å². The standard InChI is InChI=1S/C17H21ClN2/c1-4-20(15-10-8-13(2)9-11-15)17-14(12-19-3)6-5-7-16(17)18/h5-11,19H,4,12H2,1-3H3. The highest BCUT2D eigenvalue weighted by molar-refractivity contribution is 6.33. The minimum absolute atomic E-state index is 0.792. The summed E-state index contributed by atoms with van der Waals surface area (Å²) in [7, 11) is 1.95. The zero-order chi connectivity index (χ0) is 14.5. The highest BCUT2D eigenvalue weighted by Gasteiger charge is 2.14. The Morgan fingerprint density at radius 1 is 1.10 bits per heavy atom. The molecule has 0 amide bonds. The molecule has 0 atom stereocenters. The fourth-order valence-corrected chi connectivity index (χ4v) is 2.69. The van der Waals surface area contributed by atoms with Gasteiger partial charge in [0.25, 0.3) is 0 Å². The van der Waals surface area contributed by atoms with Crippen molar-refractivity contribution in [3.8, 4) is 0 Å². The van der Waals surface area contributed by atoms with Gasteiger partial charge in [-0.05, 0) is 44.7 Å². The molecule has 0 aliphatic carbocycles. The predicted molar refractivity (Wildman–Crippen MR) is 88.1 cm³/mol. The second kappa shape index (κ2) is 6.78. The van der Waals surface area contributed by atoms with Gasteiger partial charge < -0.3 is 10.2 Å². The highest BCUT2D eigenvalue weighted by Crippen LogP contribution is 2.35. The molecular formula is C17H21ClN2. The smallest absolute Gasteiger partial charge is 0.0646 e. The summed E-state index contributed by atoms with van der Waals surface area (Å²) in [5, 5.41) is 4.00. The van der Waals surface area contributed by atoms with E-state index in [1.165, 1.54) is 16.8 Å². The SMILES string of the molecule is CCN(c1ccc(C)cc1)c1c(Cl)cccc1CNC. The van der Waals surface area contributed by atoms with E-state index in [-0.39, 0.29) is 0 Å². The lowest BCUT2D eigenvalue weighted by molar-refractivity contribution is 0.813. The summed E-state index contributed by atoms with van der Waals surface area (Å²) in [6.45, 7) is 5.93. The van der Waals surface area contributed by atoms with Gasteiger partial charge in [-0.1, -0.05) is 41.4 Å². The molecule has 2 aromatic rings. The van der Waals surface area contributed by atoms with Crippen LogP contribution in [0.4, 0.5) is 11.4 Å². The molecule has 0 spiro atoms. The number of para-hydroxylation sites is 1. The van der Waals surface area contributed by atoms with Crippen LogP contribution in [0.2, 0.25) is 5.02 Å². The zero-order valence-corrected chi connectivity index (χ0v) is 13.0. The molecule has 106 valence electrons. The van der Waals surface area contributed by atoms with Gasteiger partial charge >= 0.3 is 0 Å². The molecular weight excluding hydrogens is 268 g/mol. The zero-order valence-electron chi connectivity index (χ0n) is 12.3. The van der Waals surface area contributed by atoms with Crippen LogP contribution >= 0.6 is 11.6 Å². The average Bonchev–Trinajstić information content (AvgIpc) is 2.44. The Labute approximate surface area is 126 Å². The van der Waals surface area contributed by atoms with Crippen molar-refractivity contribution in [1.82, 2.24) is 5.32 Å². The number of hydrogen-bond donors (Lipinski definition) is 1. The Morgan fingerprint density at radius 3 is 2.40 bits per heavy atom. The van der Waals surface area contributed by atoms with Crippen molar-refractivity contribution >= 4 is 23.0 Å². The van der Waals surface area contributed by atoms with Crippen LogP contribution in [0, 0.1) is 6.92 Å². The second-order valence-corrected chi connectivity index (χ2v) is 5.26. The molecule has 0 heterocycles. The van der Waals surface area contributed by atoms with E-state index in [0.717, 1.165) is 23.8 Å². The Bertz CT molecular complexity index is 564. The number of halogens is 1. The van der Waals surface area contributed by atoms with Crippen molar-refractivity contribution in [2.24, 2.45) is 0 Å². The van der Waals surface area contributed by atoms with Crippen LogP contribution in [0.5, 0.6) is 0 Å². The maximum Gasteiger partial charge on any atom is 0.0646 e. The molecule has 20 heavy (non-hydrogen) atoms. The van der Waals surface area contributed by atoms with Crippen molar-refractivity contribution in [1.29, 1.82) is 0 Å². The maximum absolute atomic E-state index is 6.45. The van der Waals surface area contributed by atoms with Crippen molar-refractivity contribution in [2.75, 3.05) is 18.5 Å². The molecule has 0 fully saturated rings. The number of benzene rings is 2. The fourth-order valence-electron chi connectivity index (χ4n) is 2.39. The fraction of sp³-hybridized carbons (Fsp3) is 0.294. The first kappa shape index (κ1) is 14.9. The van der Waals surface area contributed by atoms with Gasteiger partial charge in [0.1, 0.15) is 0 Å². The Kier molecular flexibility index (Phi) is 5.05.